The van der Waals surface area contributed by atoms with Crippen LogP contribution in [0, 0.1) is 0 Å². The molecule has 1 unspecified atom stereocenters. The van der Waals surface area contributed by atoms with Crippen LogP contribution >= 0.6 is 0 Å². The first-order chi connectivity index (χ1) is 6.68. The average molecular weight is 191 g/mol. The molecule has 3 nitrogen and oxygen atoms in total. The van der Waals surface area contributed by atoms with Crippen molar-refractivity contribution in [2.24, 2.45) is 0 Å². The second-order valence-electron chi connectivity index (χ2n) is 3.74. The van der Waals surface area contributed by atoms with Crippen LogP contribution in [0.25, 0.3) is 0 Å². The molecule has 0 spiro atoms. The molecular weight excluding hydrogens is 178 g/mol. The Balaban J connectivity index is 2.31. The molecule has 1 aliphatic rings. The fourth-order valence-electron chi connectivity index (χ4n) is 1.93. The maximum Gasteiger partial charge on any atom is 0.321 e. The van der Waals surface area contributed by atoms with Crippen molar-refractivity contribution in [1.29, 1.82) is 0 Å². The number of carboxylic acid groups (broad SMARTS) is 1. The zero-order valence-electron chi connectivity index (χ0n) is 8.10. The number of benzene rings is 1. The highest BCUT2D eigenvalue weighted by atomic mass is 16.4. The highest BCUT2D eigenvalue weighted by Crippen LogP contribution is 2.21. The lowest BCUT2D eigenvalue weighted by Gasteiger charge is -2.30. The molecule has 0 aliphatic carbocycles. The van der Waals surface area contributed by atoms with Crippen molar-refractivity contribution in [3.05, 3.63) is 35.4 Å². The van der Waals surface area contributed by atoms with E-state index in [4.69, 9.17) is 5.11 Å². The second kappa shape index (κ2) is 3.42. The highest BCUT2D eigenvalue weighted by molar-refractivity contribution is 5.74. The molecule has 14 heavy (non-hydrogen) atoms. The van der Waals surface area contributed by atoms with Gasteiger partial charge >= 0.3 is 5.97 Å². The van der Waals surface area contributed by atoms with Gasteiger partial charge in [-0.15, -0.1) is 0 Å². The molecule has 1 N–H and O–H groups in total. The smallest absolute Gasteiger partial charge is 0.321 e. The molecule has 1 atom stereocenters. The number of aliphatic carboxylic acids is 1. The maximum absolute atomic E-state index is 10.9. The van der Waals surface area contributed by atoms with E-state index >= 15 is 0 Å². The van der Waals surface area contributed by atoms with Crippen LogP contribution in [0.5, 0.6) is 0 Å². The Kier molecular flexibility index (Phi) is 2.25. The van der Waals surface area contributed by atoms with Crippen LogP contribution in [0.2, 0.25) is 0 Å². The van der Waals surface area contributed by atoms with Crippen LogP contribution in [-0.2, 0) is 17.8 Å². The molecule has 2 rings (SSSR count). The average Bonchev–Trinajstić information content (AvgIpc) is 2.16. The van der Waals surface area contributed by atoms with Gasteiger partial charge in [-0.3, -0.25) is 9.69 Å². The van der Waals surface area contributed by atoms with Crippen molar-refractivity contribution in [2.75, 3.05) is 7.05 Å². The summed E-state index contributed by atoms with van der Waals surface area (Å²) in [5, 5.41) is 8.99. The molecule has 0 radical (unpaired) electrons. The van der Waals surface area contributed by atoms with E-state index in [1.165, 1.54) is 5.56 Å². The summed E-state index contributed by atoms with van der Waals surface area (Å²) in [5.41, 5.74) is 2.41. The third-order valence-corrected chi connectivity index (χ3v) is 2.77. The molecule has 0 saturated heterocycles. The minimum absolute atomic E-state index is 0.370. The molecule has 1 heterocycles. The largest absolute Gasteiger partial charge is 0.480 e. The third-order valence-electron chi connectivity index (χ3n) is 2.77. The summed E-state index contributed by atoms with van der Waals surface area (Å²) in [7, 11) is 1.86. The standard InChI is InChI=1S/C11H13NO2/c1-12-7-9-5-3-2-4-8(9)6-10(12)11(13)14/h2-5,10H,6-7H2,1H3,(H,13,14). The van der Waals surface area contributed by atoms with Crippen molar-refractivity contribution in [2.45, 2.75) is 19.0 Å². The Labute approximate surface area is 83.0 Å². The van der Waals surface area contributed by atoms with Crippen LogP contribution in [-0.4, -0.2) is 29.1 Å². The number of likely N-dealkylation sites (N-methyl/N-ethyl adjacent to an activating group) is 1. The molecule has 0 fully saturated rings. The zero-order valence-corrected chi connectivity index (χ0v) is 8.10. The molecule has 3 heteroatoms. The number of hydrogen-bond donors (Lipinski definition) is 1. The van der Waals surface area contributed by atoms with Crippen LogP contribution < -0.4 is 0 Å². The number of carbonyl (C=O) groups is 1. The van der Waals surface area contributed by atoms with Gasteiger partial charge < -0.3 is 5.11 Å². The number of nitrogens with zero attached hydrogens (tertiary/aromatic N) is 1. The molecule has 0 amide bonds. The maximum atomic E-state index is 10.9. The molecule has 0 saturated carbocycles. The molecule has 1 aromatic carbocycles. The van der Waals surface area contributed by atoms with E-state index in [-0.39, 0.29) is 6.04 Å². The number of fused-ring (bicyclic) bond motifs is 1. The van der Waals surface area contributed by atoms with Crippen LogP contribution in [0.1, 0.15) is 11.1 Å². The Morgan fingerprint density at radius 2 is 2.07 bits per heavy atom. The van der Waals surface area contributed by atoms with Crippen LogP contribution in [0.4, 0.5) is 0 Å². The van der Waals surface area contributed by atoms with Crippen molar-refractivity contribution >= 4 is 5.97 Å². The van der Waals surface area contributed by atoms with E-state index in [9.17, 15) is 4.79 Å². The first kappa shape index (κ1) is 9.21. The quantitative estimate of drug-likeness (QED) is 0.723. The van der Waals surface area contributed by atoms with Crippen LogP contribution in [0.15, 0.2) is 24.3 Å². The summed E-state index contributed by atoms with van der Waals surface area (Å²) < 4.78 is 0. The van der Waals surface area contributed by atoms with Gasteiger partial charge in [0.1, 0.15) is 6.04 Å². The van der Waals surface area contributed by atoms with Gasteiger partial charge in [0.05, 0.1) is 0 Å². The van der Waals surface area contributed by atoms with Gasteiger partial charge in [-0.1, -0.05) is 24.3 Å². The fourth-order valence-corrected chi connectivity index (χ4v) is 1.93. The predicted octanol–water partition coefficient (Wildman–Crippen LogP) is 1.13. The van der Waals surface area contributed by atoms with Gasteiger partial charge in [-0.2, -0.15) is 0 Å². The first-order valence-corrected chi connectivity index (χ1v) is 4.68. The number of rotatable bonds is 1. The molecular formula is C11H13NO2. The first-order valence-electron chi connectivity index (χ1n) is 4.68. The normalized spacial score (nSPS) is 21.6. The molecule has 0 aromatic heterocycles. The van der Waals surface area contributed by atoms with E-state index < -0.39 is 5.97 Å². The lowest BCUT2D eigenvalue weighted by Crippen LogP contribution is -2.42. The predicted molar refractivity (Wildman–Crippen MR) is 53.0 cm³/mol. The second-order valence-corrected chi connectivity index (χ2v) is 3.74. The van der Waals surface area contributed by atoms with Gasteiger partial charge in [-0.25, -0.2) is 0 Å². The van der Waals surface area contributed by atoms with Crippen molar-refractivity contribution in [3.8, 4) is 0 Å². The minimum Gasteiger partial charge on any atom is -0.480 e. The lowest BCUT2D eigenvalue weighted by atomic mass is 9.95. The topological polar surface area (TPSA) is 40.5 Å². The number of carboxylic acids is 1. The minimum atomic E-state index is -0.734. The van der Waals surface area contributed by atoms with Crippen molar-refractivity contribution < 1.29 is 9.90 Å². The van der Waals surface area contributed by atoms with Gasteiger partial charge in [0.2, 0.25) is 0 Å². The van der Waals surface area contributed by atoms with Crippen molar-refractivity contribution in [1.82, 2.24) is 4.90 Å². The zero-order chi connectivity index (χ0) is 10.1. The van der Waals surface area contributed by atoms with E-state index in [1.54, 1.807) is 0 Å². The van der Waals surface area contributed by atoms with E-state index in [0.717, 1.165) is 12.1 Å². The van der Waals surface area contributed by atoms with E-state index in [0.29, 0.717) is 6.42 Å². The third kappa shape index (κ3) is 1.51. The molecule has 1 aliphatic heterocycles. The van der Waals surface area contributed by atoms with Gasteiger partial charge in [0, 0.05) is 6.54 Å². The molecule has 74 valence electrons. The SMILES string of the molecule is CN1Cc2ccccc2CC1C(=O)O. The Morgan fingerprint density at radius 3 is 2.71 bits per heavy atom. The summed E-state index contributed by atoms with van der Waals surface area (Å²) in [6.45, 7) is 0.729. The summed E-state index contributed by atoms with van der Waals surface area (Å²) in [6.07, 6.45) is 0.613. The van der Waals surface area contributed by atoms with Gasteiger partial charge in [-0.05, 0) is 24.6 Å². The lowest BCUT2D eigenvalue weighted by molar-refractivity contribution is -0.143. The molecule has 0 bridgehead atoms. The summed E-state index contributed by atoms with van der Waals surface area (Å²) in [6, 6.07) is 7.66. The van der Waals surface area contributed by atoms with Gasteiger partial charge in [0.25, 0.3) is 0 Å². The summed E-state index contributed by atoms with van der Waals surface area (Å²) in [4.78, 5) is 12.8. The van der Waals surface area contributed by atoms with E-state index in [2.05, 4.69) is 6.07 Å². The van der Waals surface area contributed by atoms with Crippen molar-refractivity contribution in [3.63, 3.8) is 0 Å². The molecule has 1 aromatic rings. The summed E-state index contributed by atoms with van der Waals surface area (Å²) in [5.74, 6) is -0.734. The van der Waals surface area contributed by atoms with Crippen LogP contribution in [0.3, 0.4) is 0 Å². The fraction of sp³-hybridized carbons (Fsp3) is 0.364. The number of hydrogen-bond acceptors (Lipinski definition) is 2. The Bertz CT molecular complexity index is 362. The van der Waals surface area contributed by atoms with E-state index in [1.807, 2.05) is 30.1 Å². The summed E-state index contributed by atoms with van der Waals surface area (Å²) >= 11 is 0. The Hall–Kier alpha value is -1.35. The monoisotopic (exact) mass is 191 g/mol. The Morgan fingerprint density at radius 1 is 1.43 bits per heavy atom. The highest BCUT2D eigenvalue weighted by Gasteiger charge is 2.28. The van der Waals surface area contributed by atoms with Gasteiger partial charge in [0.15, 0.2) is 0 Å².